The van der Waals surface area contributed by atoms with E-state index in [0.717, 1.165) is 43.6 Å². The second-order valence-corrected chi connectivity index (χ2v) is 13.3. The topological polar surface area (TPSA) is 82.0 Å². The minimum absolute atomic E-state index is 0.0744. The van der Waals surface area contributed by atoms with Gasteiger partial charge in [0.2, 0.25) is 0 Å². The largest absolute Gasteiger partial charge is 0.396 e. The van der Waals surface area contributed by atoms with Crippen molar-refractivity contribution >= 4 is 0 Å². The Morgan fingerprint density at radius 3 is 2.47 bits per heavy atom. The van der Waals surface area contributed by atoms with Gasteiger partial charge in [0, 0.05) is 19.1 Å². The Kier molecular flexibility index (Phi) is 5.15. The first-order valence-electron chi connectivity index (χ1n) is 13.6. The summed E-state index contributed by atoms with van der Waals surface area (Å²) in [5, 5.41) is 34.6. The van der Waals surface area contributed by atoms with Crippen LogP contribution in [0, 0.1) is 52.3 Å². The predicted octanol–water partition coefficient (Wildman–Crippen LogP) is 3.31. The number of aliphatic hydroxyl groups is 3. The first kappa shape index (κ1) is 22.3. The average Bonchev–Trinajstić information content (AvgIpc) is 3.22. The third-order valence-electron chi connectivity index (χ3n) is 12.3. The number of piperidine rings is 1. The molecule has 6 aliphatic rings. The van der Waals surface area contributed by atoms with E-state index in [4.69, 9.17) is 4.74 Å². The van der Waals surface area contributed by atoms with Crippen LogP contribution in [-0.2, 0) is 4.74 Å². The smallest absolute Gasteiger partial charge is 0.148 e. The van der Waals surface area contributed by atoms with E-state index in [9.17, 15) is 15.3 Å². The molecular formula is C27H45NO4. The van der Waals surface area contributed by atoms with Gasteiger partial charge >= 0.3 is 0 Å². The fraction of sp³-hybridized carbons (Fsp3) is 1.00. The minimum Gasteiger partial charge on any atom is -0.396 e. The monoisotopic (exact) mass is 447 g/mol. The molecule has 4 aliphatic carbocycles. The summed E-state index contributed by atoms with van der Waals surface area (Å²) in [6.45, 7) is 8.30. The molecule has 2 saturated heterocycles. The van der Waals surface area contributed by atoms with Gasteiger partial charge in [-0.05, 0) is 104 Å². The van der Waals surface area contributed by atoms with Crippen LogP contribution in [0.1, 0.15) is 78.6 Å². The molecule has 6 fully saturated rings. The van der Waals surface area contributed by atoms with Crippen LogP contribution in [-0.4, -0.2) is 52.5 Å². The van der Waals surface area contributed by atoms with Crippen LogP contribution in [0.3, 0.4) is 0 Å². The zero-order valence-corrected chi connectivity index (χ0v) is 20.3. The van der Waals surface area contributed by atoms with Crippen molar-refractivity contribution in [1.82, 2.24) is 5.32 Å². The number of hydrogen-bond donors (Lipinski definition) is 4. The normalized spacial score (nSPS) is 61.7. The van der Waals surface area contributed by atoms with Gasteiger partial charge in [-0.15, -0.1) is 0 Å². The molecule has 5 heteroatoms. The van der Waals surface area contributed by atoms with Crippen molar-refractivity contribution in [3.05, 3.63) is 0 Å². The summed E-state index contributed by atoms with van der Waals surface area (Å²) >= 11 is 0. The zero-order valence-electron chi connectivity index (χ0n) is 20.3. The number of hydrogen-bond acceptors (Lipinski definition) is 5. The Morgan fingerprint density at radius 2 is 1.72 bits per heavy atom. The maximum absolute atomic E-state index is 11.1. The molecule has 1 spiro atoms. The van der Waals surface area contributed by atoms with Gasteiger partial charge in [0.1, 0.15) is 5.72 Å². The van der Waals surface area contributed by atoms with Crippen LogP contribution in [0.15, 0.2) is 0 Å². The van der Waals surface area contributed by atoms with Gasteiger partial charge in [0.15, 0.2) is 0 Å². The summed E-state index contributed by atoms with van der Waals surface area (Å²) in [4.78, 5) is 0. The molecule has 2 heterocycles. The van der Waals surface area contributed by atoms with Crippen LogP contribution in [0.5, 0.6) is 0 Å². The molecule has 0 amide bonds. The minimum atomic E-state index is -0.630. The van der Waals surface area contributed by atoms with Crippen molar-refractivity contribution in [3.8, 4) is 0 Å². The van der Waals surface area contributed by atoms with E-state index < -0.39 is 11.8 Å². The fourth-order valence-corrected chi connectivity index (χ4v) is 10.6. The first-order valence-corrected chi connectivity index (χ1v) is 13.6. The van der Waals surface area contributed by atoms with E-state index in [1.54, 1.807) is 0 Å². The zero-order chi connectivity index (χ0) is 22.5. The maximum atomic E-state index is 11.1. The molecule has 6 rings (SSSR count). The Hall–Kier alpha value is -0.200. The SMILES string of the molecule is C[C@H]1[C@H]2[C@H](C[C@H]3[C@@H]4CC[C@H]5C[C@@H](O)CC[C@]5(C)[C@H]4CC[C@]23C)O[C@]12NC[C@@H](CO)C[C@@H]2O. The highest BCUT2D eigenvalue weighted by molar-refractivity contribution is 5.17. The van der Waals surface area contributed by atoms with E-state index in [2.05, 4.69) is 26.1 Å². The van der Waals surface area contributed by atoms with Gasteiger partial charge in [-0.3, -0.25) is 5.32 Å². The summed E-state index contributed by atoms with van der Waals surface area (Å²) in [6, 6.07) is 0. The number of rotatable bonds is 1. The van der Waals surface area contributed by atoms with E-state index in [1.165, 1.54) is 32.1 Å². The molecule has 2 aliphatic heterocycles. The highest BCUT2D eigenvalue weighted by atomic mass is 16.5. The van der Waals surface area contributed by atoms with Crippen molar-refractivity contribution in [3.63, 3.8) is 0 Å². The van der Waals surface area contributed by atoms with Crippen LogP contribution in [0.2, 0.25) is 0 Å². The van der Waals surface area contributed by atoms with Gasteiger partial charge < -0.3 is 20.1 Å². The third kappa shape index (κ3) is 2.81. The number of fused-ring (bicyclic) bond motifs is 7. The van der Waals surface area contributed by atoms with Crippen molar-refractivity contribution in [2.75, 3.05) is 13.2 Å². The Labute approximate surface area is 193 Å². The molecule has 0 aromatic rings. The van der Waals surface area contributed by atoms with E-state index in [1.807, 2.05) is 0 Å². The fourth-order valence-electron chi connectivity index (χ4n) is 10.6. The molecule has 0 radical (unpaired) electrons. The number of aliphatic hydroxyl groups excluding tert-OH is 3. The van der Waals surface area contributed by atoms with Crippen molar-refractivity contribution in [1.29, 1.82) is 0 Å². The Morgan fingerprint density at radius 1 is 0.938 bits per heavy atom. The highest BCUT2D eigenvalue weighted by Gasteiger charge is 2.70. The van der Waals surface area contributed by atoms with Gasteiger partial charge in [-0.25, -0.2) is 0 Å². The molecule has 5 nitrogen and oxygen atoms in total. The van der Waals surface area contributed by atoms with E-state index in [-0.39, 0.29) is 30.7 Å². The third-order valence-corrected chi connectivity index (χ3v) is 12.3. The first-order chi connectivity index (χ1) is 15.2. The van der Waals surface area contributed by atoms with Crippen LogP contribution in [0.25, 0.3) is 0 Å². The molecule has 4 N–H and O–H groups in total. The predicted molar refractivity (Wildman–Crippen MR) is 123 cm³/mol. The number of nitrogens with one attached hydrogen (secondary N) is 1. The molecule has 0 aromatic heterocycles. The Balaban J connectivity index is 1.25. The lowest BCUT2D eigenvalue weighted by atomic mass is 9.44. The average molecular weight is 448 g/mol. The number of ether oxygens (including phenoxy) is 1. The summed E-state index contributed by atoms with van der Waals surface area (Å²) < 4.78 is 6.84. The lowest BCUT2D eigenvalue weighted by Crippen LogP contribution is -2.64. The van der Waals surface area contributed by atoms with Crippen molar-refractivity contribution in [2.45, 2.75) is 103 Å². The Bertz CT molecular complexity index is 747. The molecule has 182 valence electrons. The quantitative estimate of drug-likeness (QED) is 0.496. The molecule has 32 heavy (non-hydrogen) atoms. The lowest BCUT2D eigenvalue weighted by Gasteiger charge is -2.61. The summed E-state index contributed by atoms with van der Waals surface area (Å²) in [7, 11) is 0. The second kappa shape index (κ2) is 7.40. The van der Waals surface area contributed by atoms with Crippen molar-refractivity contribution < 1.29 is 20.1 Å². The lowest BCUT2D eigenvalue weighted by molar-refractivity contribution is -0.183. The summed E-state index contributed by atoms with van der Waals surface area (Å²) in [6.07, 6.45) is 9.84. The van der Waals surface area contributed by atoms with Gasteiger partial charge in [0.05, 0.1) is 18.3 Å². The summed E-state index contributed by atoms with van der Waals surface area (Å²) in [5.41, 5.74) is 0.0750. The van der Waals surface area contributed by atoms with Gasteiger partial charge in [-0.2, -0.15) is 0 Å². The molecule has 0 unspecified atom stereocenters. The van der Waals surface area contributed by atoms with E-state index in [0.29, 0.717) is 29.1 Å². The second-order valence-electron chi connectivity index (χ2n) is 13.3. The maximum Gasteiger partial charge on any atom is 0.148 e. The van der Waals surface area contributed by atoms with Crippen LogP contribution < -0.4 is 5.32 Å². The van der Waals surface area contributed by atoms with Crippen LogP contribution >= 0.6 is 0 Å². The molecule has 0 bridgehead atoms. The molecule has 4 saturated carbocycles. The van der Waals surface area contributed by atoms with Crippen molar-refractivity contribution in [2.24, 2.45) is 52.3 Å². The molecule has 13 atom stereocenters. The standard InChI is InChI=1S/C27H45NO4/c1-15-24-22(32-27(15)23(31)10-16(14-29)13-28-27)12-21-19-5-4-17-11-18(30)6-8-25(17,2)20(19)7-9-26(21,24)3/h15-24,28-31H,4-14H2,1-3H3/t15-,16-,17-,18-,19+,20-,21-,22-,23-,24-,25-,26-,27+/m0/s1. The highest BCUT2D eigenvalue weighted by Crippen LogP contribution is 2.71. The molecule has 0 aromatic carbocycles. The van der Waals surface area contributed by atoms with Gasteiger partial charge in [0.25, 0.3) is 0 Å². The van der Waals surface area contributed by atoms with Gasteiger partial charge in [-0.1, -0.05) is 20.8 Å². The molecular weight excluding hydrogens is 402 g/mol. The van der Waals surface area contributed by atoms with Crippen LogP contribution in [0.4, 0.5) is 0 Å². The summed E-state index contributed by atoms with van der Waals surface area (Å²) in [5.74, 6) is 3.94. The van der Waals surface area contributed by atoms with E-state index >= 15 is 0 Å².